The number of hydrogen-bond acceptors (Lipinski definition) is 3. The average Bonchev–Trinajstić information content (AvgIpc) is 3.00. The molecule has 5 nitrogen and oxygen atoms in total. The zero-order chi connectivity index (χ0) is 17.4. The Hall–Kier alpha value is -1.85. The Kier molecular flexibility index (Phi) is 4.52. The van der Waals surface area contributed by atoms with Crippen LogP contribution in [0, 0.1) is 5.92 Å². The first-order valence-electron chi connectivity index (χ1n) is 9.38. The second-order valence-corrected chi connectivity index (χ2v) is 7.61. The largest absolute Gasteiger partial charge is 0.341 e. The number of likely N-dealkylation sites (N-methyl/N-ethyl adjacent to an activating group) is 1. The number of aromatic nitrogens is 1. The Morgan fingerprint density at radius 1 is 1.08 bits per heavy atom. The van der Waals surface area contributed by atoms with Crippen molar-refractivity contribution in [2.75, 3.05) is 46.3 Å². The summed E-state index contributed by atoms with van der Waals surface area (Å²) in [7, 11) is 2.17. The smallest absolute Gasteiger partial charge is 0.227 e. The van der Waals surface area contributed by atoms with Crippen LogP contribution < -0.4 is 0 Å². The number of carbonyl (C=O) groups excluding carboxylic acids is 1. The summed E-state index contributed by atoms with van der Waals surface area (Å²) in [4.78, 5) is 19.8. The fraction of sp³-hybridized carbons (Fsp3) is 0.550. The molecule has 1 amide bonds. The second kappa shape index (κ2) is 6.81. The van der Waals surface area contributed by atoms with Crippen molar-refractivity contribution in [2.24, 2.45) is 5.92 Å². The van der Waals surface area contributed by atoms with Crippen molar-refractivity contribution >= 4 is 16.8 Å². The van der Waals surface area contributed by atoms with E-state index in [1.165, 1.54) is 16.6 Å². The molecule has 1 aromatic heterocycles. The molecule has 134 valence electrons. The van der Waals surface area contributed by atoms with Gasteiger partial charge in [0.2, 0.25) is 5.91 Å². The molecule has 5 heteroatoms. The molecule has 0 radical (unpaired) electrons. The van der Waals surface area contributed by atoms with E-state index in [9.17, 15) is 4.79 Å². The number of benzene rings is 1. The maximum atomic E-state index is 12.9. The number of piperazine rings is 1. The van der Waals surface area contributed by atoms with Gasteiger partial charge in [0.15, 0.2) is 0 Å². The predicted octanol–water partition coefficient (Wildman–Crippen LogP) is 1.87. The molecular weight excluding hydrogens is 312 g/mol. The molecule has 1 fully saturated rings. The summed E-state index contributed by atoms with van der Waals surface area (Å²) < 4.78 is 2.37. The zero-order valence-corrected chi connectivity index (χ0v) is 15.3. The standard InChI is InChI=1S/C20H28N4O/c1-16(14-22-9-7-21(2)8-10-22)20(25)23-11-12-24-18(15-23)13-17-5-3-4-6-19(17)24/h3-6,13,16H,7-12,14-15H2,1-2H3/t16-/m1/s1. The van der Waals surface area contributed by atoms with E-state index in [2.05, 4.69) is 63.6 Å². The van der Waals surface area contributed by atoms with Crippen molar-refractivity contribution in [3.05, 3.63) is 36.0 Å². The van der Waals surface area contributed by atoms with Crippen LogP contribution in [0.2, 0.25) is 0 Å². The molecule has 1 aromatic carbocycles. The van der Waals surface area contributed by atoms with Gasteiger partial charge in [-0.25, -0.2) is 0 Å². The lowest BCUT2D eigenvalue weighted by Gasteiger charge is -2.36. The van der Waals surface area contributed by atoms with Crippen LogP contribution >= 0.6 is 0 Å². The minimum Gasteiger partial charge on any atom is -0.341 e. The SMILES string of the molecule is C[C@H](CN1CCN(C)CC1)C(=O)N1CCn2c(cc3ccccc32)C1. The molecule has 2 aromatic rings. The van der Waals surface area contributed by atoms with Crippen LogP contribution in [-0.4, -0.2) is 71.5 Å². The molecule has 0 unspecified atom stereocenters. The van der Waals surface area contributed by atoms with E-state index in [4.69, 9.17) is 0 Å². The summed E-state index contributed by atoms with van der Waals surface area (Å²) in [5, 5.41) is 1.28. The van der Waals surface area contributed by atoms with Crippen LogP contribution in [0.15, 0.2) is 30.3 Å². The van der Waals surface area contributed by atoms with Gasteiger partial charge in [-0.1, -0.05) is 25.1 Å². The van der Waals surface area contributed by atoms with E-state index in [1.54, 1.807) is 0 Å². The quantitative estimate of drug-likeness (QED) is 0.855. The highest BCUT2D eigenvalue weighted by Gasteiger charge is 2.27. The van der Waals surface area contributed by atoms with Crippen LogP contribution in [-0.2, 0) is 17.9 Å². The van der Waals surface area contributed by atoms with Crippen molar-refractivity contribution in [2.45, 2.75) is 20.0 Å². The Morgan fingerprint density at radius 2 is 1.84 bits per heavy atom. The minimum absolute atomic E-state index is 0.0688. The molecule has 0 N–H and O–H groups in total. The van der Waals surface area contributed by atoms with Gasteiger partial charge in [0, 0.05) is 62.9 Å². The van der Waals surface area contributed by atoms with E-state index in [0.717, 1.165) is 52.4 Å². The topological polar surface area (TPSA) is 31.7 Å². The number of rotatable bonds is 3. The molecule has 25 heavy (non-hydrogen) atoms. The number of para-hydroxylation sites is 1. The van der Waals surface area contributed by atoms with Gasteiger partial charge in [0.1, 0.15) is 0 Å². The zero-order valence-electron chi connectivity index (χ0n) is 15.3. The summed E-state index contributed by atoms with van der Waals surface area (Å²) in [6.45, 7) is 9.77. The number of carbonyl (C=O) groups is 1. The molecule has 3 heterocycles. The fourth-order valence-corrected chi connectivity index (χ4v) is 4.15. The first kappa shape index (κ1) is 16.6. The highest BCUT2D eigenvalue weighted by atomic mass is 16.2. The third-order valence-electron chi connectivity index (χ3n) is 5.70. The Labute approximate surface area is 149 Å². The lowest BCUT2D eigenvalue weighted by Crippen LogP contribution is -2.48. The average molecular weight is 340 g/mol. The lowest BCUT2D eigenvalue weighted by atomic mass is 10.1. The van der Waals surface area contributed by atoms with Crippen molar-refractivity contribution in [1.29, 1.82) is 0 Å². The van der Waals surface area contributed by atoms with Crippen LogP contribution in [0.1, 0.15) is 12.6 Å². The number of fused-ring (bicyclic) bond motifs is 3. The highest BCUT2D eigenvalue weighted by molar-refractivity contribution is 5.82. The molecule has 2 aliphatic heterocycles. The van der Waals surface area contributed by atoms with Gasteiger partial charge in [-0.3, -0.25) is 4.79 Å². The highest BCUT2D eigenvalue weighted by Crippen LogP contribution is 2.24. The molecule has 1 atom stereocenters. The van der Waals surface area contributed by atoms with E-state index >= 15 is 0 Å². The van der Waals surface area contributed by atoms with Crippen LogP contribution in [0.25, 0.3) is 10.9 Å². The van der Waals surface area contributed by atoms with Gasteiger partial charge >= 0.3 is 0 Å². The number of hydrogen-bond donors (Lipinski definition) is 0. The molecule has 1 saturated heterocycles. The monoisotopic (exact) mass is 340 g/mol. The van der Waals surface area contributed by atoms with E-state index in [1.807, 2.05) is 0 Å². The van der Waals surface area contributed by atoms with Gasteiger partial charge < -0.3 is 19.3 Å². The third-order valence-corrected chi connectivity index (χ3v) is 5.70. The van der Waals surface area contributed by atoms with E-state index < -0.39 is 0 Å². The third kappa shape index (κ3) is 3.31. The minimum atomic E-state index is 0.0688. The van der Waals surface area contributed by atoms with Crippen molar-refractivity contribution in [3.8, 4) is 0 Å². The van der Waals surface area contributed by atoms with Crippen molar-refractivity contribution in [3.63, 3.8) is 0 Å². The Morgan fingerprint density at radius 3 is 2.64 bits per heavy atom. The van der Waals surface area contributed by atoms with E-state index in [0.29, 0.717) is 5.91 Å². The van der Waals surface area contributed by atoms with Crippen LogP contribution in [0.5, 0.6) is 0 Å². The number of amides is 1. The summed E-state index contributed by atoms with van der Waals surface area (Å²) in [6.07, 6.45) is 0. The van der Waals surface area contributed by atoms with Gasteiger partial charge in [-0.15, -0.1) is 0 Å². The normalized spacial score (nSPS) is 20.6. The molecule has 0 spiro atoms. The van der Waals surface area contributed by atoms with Crippen molar-refractivity contribution in [1.82, 2.24) is 19.3 Å². The first-order valence-corrected chi connectivity index (χ1v) is 9.38. The lowest BCUT2D eigenvalue weighted by molar-refractivity contribution is -0.137. The number of nitrogens with zero attached hydrogens (tertiary/aromatic N) is 4. The second-order valence-electron chi connectivity index (χ2n) is 7.61. The molecule has 0 saturated carbocycles. The van der Waals surface area contributed by atoms with Crippen LogP contribution in [0.3, 0.4) is 0 Å². The summed E-state index contributed by atoms with van der Waals surface area (Å²) in [6, 6.07) is 10.7. The van der Waals surface area contributed by atoms with Crippen LogP contribution in [0.4, 0.5) is 0 Å². The van der Waals surface area contributed by atoms with Gasteiger partial charge in [-0.2, -0.15) is 0 Å². The summed E-state index contributed by atoms with van der Waals surface area (Å²) in [5.74, 6) is 0.370. The molecular formula is C20H28N4O. The summed E-state index contributed by atoms with van der Waals surface area (Å²) in [5.41, 5.74) is 2.54. The van der Waals surface area contributed by atoms with Gasteiger partial charge in [0.05, 0.1) is 6.54 Å². The fourth-order valence-electron chi connectivity index (χ4n) is 4.15. The molecule has 4 rings (SSSR count). The Balaban J connectivity index is 1.41. The van der Waals surface area contributed by atoms with Gasteiger partial charge in [0.25, 0.3) is 0 Å². The molecule has 0 bridgehead atoms. The molecule has 2 aliphatic rings. The predicted molar refractivity (Wildman–Crippen MR) is 100 cm³/mol. The van der Waals surface area contributed by atoms with E-state index in [-0.39, 0.29) is 5.92 Å². The first-order chi connectivity index (χ1) is 12.1. The Bertz CT molecular complexity index is 760. The maximum Gasteiger partial charge on any atom is 0.227 e. The maximum absolute atomic E-state index is 12.9. The van der Waals surface area contributed by atoms with Gasteiger partial charge in [-0.05, 0) is 24.6 Å². The molecule has 0 aliphatic carbocycles. The summed E-state index contributed by atoms with van der Waals surface area (Å²) >= 11 is 0. The van der Waals surface area contributed by atoms with Crippen molar-refractivity contribution < 1.29 is 4.79 Å².